The molecule has 5 atom stereocenters. The molecule has 0 aromatic heterocycles. The Kier molecular flexibility index (Phi) is 3.73. The first-order valence-corrected chi connectivity index (χ1v) is 5.51. The molecule has 0 saturated carbocycles. The van der Waals surface area contributed by atoms with Crippen molar-refractivity contribution in [3.8, 4) is 0 Å². The number of hydrogen-bond acceptors (Lipinski definition) is 8. The molecule has 8 N–H and O–H groups in total. The van der Waals surface area contributed by atoms with Crippen LogP contribution in [0.15, 0.2) is 12.3 Å². The summed E-state index contributed by atoms with van der Waals surface area (Å²) < 4.78 is 5.20. The van der Waals surface area contributed by atoms with Crippen molar-refractivity contribution >= 4 is 6.03 Å². The molecule has 0 aromatic rings. The van der Waals surface area contributed by atoms with Crippen LogP contribution in [0, 0.1) is 0 Å². The summed E-state index contributed by atoms with van der Waals surface area (Å²) in [5, 5.41) is 30.6. The van der Waals surface area contributed by atoms with Crippen LogP contribution in [0.2, 0.25) is 0 Å². The molecule has 0 aliphatic carbocycles. The van der Waals surface area contributed by atoms with Crippen LogP contribution < -0.4 is 16.9 Å². The van der Waals surface area contributed by atoms with Gasteiger partial charge in [0.15, 0.2) is 6.23 Å². The molecule has 2 amide bonds. The average Bonchev–Trinajstić information content (AvgIpc) is 2.67. The van der Waals surface area contributed by atoms with E-state index in [9.17, 15) is 15.0 Å². The Morgan fingerprint density at radius 1 is 1.53 bits per heavy atom. The molecule has 0 radical (unpaired) electrons. The third kappa shape index (κ3) is 2.42. The van der Waals surface area contributed by atoms with E-state index < -0.39 is 43.0 Å². The number of rotatable bonds is 3. The molecular weight excluding hydrogens is 260 g/mol. The minimum Gasteiger partial charge on any atom is -0.394 e. The first-order chi connectivity index (χ1) is 8.91. The van der Waals surface area contributed by atoms with Gasteiger partial charge < -0.3 is 20.1 Å². The van der Waals surface area contributed by atoms with Crippen LogP contribution >= 0.6 is 0 Å². The lowest BCUT2D eigenvalue weighted by Crippen LogP contribution is -2.64. The first-order valence-electron chi connectivity index (χ1n) is 5.51. The molecule has 108 valence electrons. The molecule has 10 heteroatoms. The molecule has 1 saturated heterocycles. The Bertz CT molecular complexity index is 393. The average molecular weight is 276 g/mol. The van der Waals surface area contributed by atoms with E-state index in [1.165, 1.54) is 12.3 Å². The second-order valence-electron chi connectivity index (χ2n) is 4.29. The van der Waals surface area contributed by atoms with Crippen molar-refractivity contribution in [2.24, 2.45) is 11.6 Å². The third-order valence-electron chi connectivity index (χ3n) is 3.01. The molecule has 2 heterocycles. The van der Waals surface area contributed by atoms with Gasteiger partial charge in [0.2, 0.25) is 5.85 Å². The molecule has 0 bridgehead atoms. The largest absolute Gasteiger partial charge is 0.394 e. The molecule has 1 fully saturated rings. The Morgan fingerprint density at radius 2 is 2.21 bits per heavy atom. The van der Waals surface area contributed by atoms with Crippen LogP contribution in [0.5, 0.6) is 0 Å². The Balaban J connectivity index is 2.16. The van der Waals surface area contributed by atoms with Gasteiger partial charge in [-0.15, -0.1) is 0 Å². The standard InChI is InChI=1S/C9H16N4O6/c10-9(19-11)1-2-13(8(17)12-9)7-6(16)5(15)4(3-14)18-7/h1-2,4-7,14-16H,3,10-11H2,(H,12,17)/t4-,5-,6-,7-,9?/m1/s1. The fourth-order valence-corrected chi connectivity index (χ4v) is 1.91. The fraction of sp³-hybridized carbons (Fsp3) is 0.667. The van der Waals surface area contributed by atoms with Gasteiger partial charge in [-0.2, -0.15) is 0 Å². The lowest BCUT2D eigenvalue weighted by Gasteiger charge is -2.35. The van der Waals surface area contributed by atoms with Crippen molar-refractivity contribution in [1.82, 2.24) is 10.2 Å². The number of amides is 2. The number of aliphatic hydroxyl groups excluding tert-OH is 3. The third-order valence-corrected chi connectivity index (χ3v) is 3.01. The monoisotopic (exact) mass is 276 g/mol. The minimum absolute atomic E-state index is 0.485. The van der Waals surface area contributed by atoms with Gasteiger partial charge in [-0.25, -0.2) is 10.7 Å². The number of ether oxygens (including phenoxy) is 1. The van der Waals surface area contributed by atoms with Crippen LogP contribution in [0.3, 0.4) is 0 Å². The van der Waals surface area contributed by atoms with Crippen molar-refractivity contribution < 1.29 is 29.7 Å². The van der Waals surface area contributed by atoms with Crippen LogP contribution in [0.1, 0.15) is 0 Å². The lowest BCUT2D eigenvalue weighted by atomic mass is 10.1. The highest BCUT2D eigenvalue weighted by Crippen LogP contribution is 2.26. The van der Waals surface area contributed by atoms with E-state index in [0.29, 0.717) is 0 Å². The van der Waals surface area contributed by atoms with Crippen molar-refractivity contribution in [2.45, 2.75) is 30.4 Å². The van der Waals surface area contributed by atoms with Gasteiger partial charge in [-0.3, -0.25) is 20.8 Å². The second kappa shape index (κ2) is 5.02. The SMILES string of the molecule is NOC1(N)C=CN([C@@H]2O[C@H](CO)[C@@H](O)[C@H]2O)C(=O)N1. The van der Waals surface area contributed by atoms with Gasteiger partial charge in [0.25, 0.3) is 0 Å². The number of carbonyl (C=O) groups excluding carboxylic acids is 1. The van der Waals surface area contributed by atoms with Gasteiger partial charge in [-0.05, 0) is 0 Å². The van der Waals surface area contributed by atoms with E-state index in [0.717, 1.165) is 4.90 Å². The zero-order chi connectivity index (χ0) is 14.2. The maximum absolute atomic E-state index is 11.8. The van der Waals surface area contributed by atoms with E-state index in [2.05, 4.69) is 10.2 Å². The van der Waals surface area contributed by atoms with Gasteiger partial charge in [0.05, 0.1) is 6.61 Å². The van der Waals surface area contributed by atoms with E-state index in [1.807, 2.05) is 0 Å². The smallest absolute Gasteiger partial charge is 0.327 e. The summed E-state index contributed by atoms with van der Waals surface area (Å²) in [4.78, 5) is 17.2. The Morgan fingerprint density at radius 3 is 2.68 bits per heavy atom. The van der Waals surface area contributed by atoms with E-state index in [4.69, 9.17) is 21.5 Å². The lowest BCUT2D eigenvalue weighted by molar-refractivity contribution is -0.0787. The van der Waals surface area contributed by atoms with Crippen molar-refractivity contribution in [3.63, 3.8) is 0 Å². The van der Waals surface area contributed by atoms with E-state index >= 15 is 0 Å². The second-order valence-corrected chi connectivity index (χ2v) is 4.29. The van der Waals surface area contributed by atoms with Crippen LogP contribution in [-0.4, -0.2) is 63.2 Å². The Labute approximate surface area is 108 Å². The molecule has 2 aliphatic heterocycles. The zero-order valence-electron chi connectivity index (χ0n) is 9.84. The molecule has 10 nitrogen and oxygen atoms in total. The highest BCUT2D eigenvalue weighted by molar-refractivity contribution is 5.77. The summed E-state index contributed by atoms with van der Waals surface area (Å²) in [5.74, 6) is 3.28. The zero-order valence-corrected chi connectivity index (χ0v) is 9.84. The summed E-state index contributed by atoms with van der Waals surface area (Å²) in [6.45, 7) is -0.485. The van der Waals surface area contributed by atoms with Crippen LogP contribution in [-0.2, 0) is 9.57 Å². The van der Waals surface area contributed by atoms with Crippen molar-refractivity contribution in [1.29, 1.82) is 0 Å². The van der Waals surface area contributed by atoms with Gasteiger partial charge in [0, 0.05) is 12.3 Å². The molecule has 2 aliphatic rings. The van der Waals surface area contributed by atoms with E-state index in [-0.39, 0.29) is 0 Å². The molecule has 0 spiro atoms. The molecule has 2 rings (SSSR count). The predicted molar refractivity (Wildman–Crippen MR) is 59.5 cm³/mol. The van der Waals surface area contributed by atoms with Gasteiger partial charge in [0.1, 0.15) is 18.3 Å². The molecule has 0 aromatic carbocycles. The molecular formula is C9H16N4O6. The van der Waals surface area contributed by atoms with Crippen LogP contribution in [0.25, 0.3) is 0 Å². The summed E-state index contributed by atoms with van der Waals surface area (Å²) in [5.41, 5.74) is 5.54. The maximum Gasteiger partial charge on any atom is 0.327 e. The highest BCUT2D eigenvalue weighted by atomic mass is 16.7. The summed E-state index contributed by atoms with van der Waals surface area (Å²) in [7, 11) is 0. The number of nitrogens with zero attached hydrogens (tertiary/aromatic N) is 1. The number of nitrogens with two attached hydrogens (primary N) is 2. The molecule has 19 heavy (non-hydrogen) atoms. The Hall–Kier alpha value is -1.27. The van der Waals surface area contributed by atoms with Gasteiger partial charge >= 0.3 is 6.03 Å². The van der Waals surface area contributed by atoms with Crippen molar-refractivity contribution in [2.75, 3.05) is 6.61 Å². The fourth-order valence-electron chi connectivity index (χ4n) is 1.91. The number of nitrogens with one attached hydrogen (secondary N) is 1. The number of aliphatic hydroxyl groups is 3. The summed E-state index contributed by atoms with van der Waals surface area (Å²) in [6, 6.07) is -0.731. The minimum atomic E-state index is -1.65. The number of carbonyl (C=O) groups is 1. The van der Waals surface area contributed by atoms with Gasteiger partial charge in [-0.1, -0.05) is 0 Å². The predicted octanol–water partition coefficient (Wildman–Crippen LogP) is -3.53. The normalized spacial score (nSPS) is 42.6. The highest BCUT2D eigenvalue weighted by Gasteiger charge is 2.47. The molecule has 1 unspecified atom stereocenters. The number of hydrogen-bond donors (Lipinski definition) is 6. The maximum atomic E-state index is 11.8. The van der Waals surface area contributed by atoms with Crippen molar-refractivity contribution in [3.05, 3.63) is 12.3 Å². The topological polar surface area (TPSA) is 164 Å². The van der Waals surface area contributed by atoms with E-state index in [1.54, 1.807) is 0 Å². The first kappa shape index (κ1) is 14.1. The van der Waals surface area contributed by atoms with Crippen LogP contribution in [0.4, 0.5) is 4.79 Å². The summed E-state index contributed by atoms with van der Waals surface area (Å²) in [6.07, 6.45) is -2.33. The summed E-state index contributed by atoms with van der Waals surface area (Å²) >= 11 is 0. The number of urea groups is 1. The quantitative estimate of drug-likeness (QED) is 0.228.